The molecule has 6 rings (SSSR count). The minimum Gasteiger partial charge on any atom is -0.248 e. The molecule has 1 aliphatic rings. The van der Waals surface area contributed by atoms with Gasteiger partial charge in [-0.25, -0.2) is 4.98 Å². The molecule has 0 fully saturated rings. The molecular formula is C33H29N. The normalized spacial score (nSPS) is 13.7. The Morgan fingerprint density at radius 1 is 0.559 bits per heavy atom. The molecule has 0 bridgehead atoms. The van der Waals surface area contributed by atoms with Crippen LogP contribution in [0.25, 0.3) is 44.4 Å². The van der Waals surface area contributed by atoms with Gasteiger partial charge >= 0.3 is 0 Å². The zero-order chi connectivity index (χ0) is 23.6. The highest BCUT2D eigenvalue weighted by Gasteiger charge is 2.35. The van der Waals surface area contributed by atoms with E-state index in [1.54, 1.807) is 0 Å². The molecule has 0 spiro atoms. The lowest BCUT2D eigenvalue weighted by molar-refractivity contribution is 0.661. The van der Waals surface area contributed by atoms with E-state index in [-0.39, 0.29) is 5.41 Å². The maximum Gasteiger partial charge on any atom is 0.0719 e. The van der Waals surface area contributed by atoms with Crippen LogP contribution in [0.2, 0.25) is 0 Å². The van der Waals surface area contributed by atoms with Crippen LogP contribution in [0.5, 0.6) is 0 Å². The summed E-state index contributed by atoms with van der Waals surface area (Å²) in [5, 5.41) is 1.21. The third-order valence-electron chi connectivity index (χ3n) is 7.39. The van der Waals surface area contributed by atoms with Crippen LogP contribution in [0.15, 0.2) is 84.9 Å². The van der Waals surface area contributed by atoms with Gasteiger partial charge in [0.25, 0.3) is 0 Å². The van der Waals surface area contributed by atoms with E-state index in [4.69, 9.17) is 4.98 Å². The summed E-state index contributed by atoms with van der Waals surface area (Å²) in [6.45, 7) is 11.1. The minimum atomic E-state index is -0.0399. The Kier molecular flexibility index (Phi) is 4.54. The highest BCUT2D eigenvalue weighted by molar-refractivity contribution is 6.01. The third kappa shape index (κ3) is 3.19. The molecule has 0 saturated heterocycles. The number of rotatable bonds is 2. The Morgan fingerprint density at radius 3 is 2.00 bits per heavy atom. The standard InChI is InChI=1S/C33H29N/c1-20-10-12-23(13-11-20)26-18-31(24-15-21(2)14-22(3)16-24)34-32-19-30-27(17-28(26)32)25-8-6-7-9-29(25)33(30,4)5/h6-19H,1-5H3. The lowest BCUT2D eigenvalue weighted by Gasteiger charge is -2.22. The summed E-state index contributed by atoms with van der Waals surface area (Å²) >= 11 is 0. The summed E-state index contributed by atoms with van der Waals surface area (Å²) in [5.41, 5.74) is 14.9. The first-order chi connectivity index (χ1) is 16.3. The molecule has 0 aliphatic heterocycles. The zero-order valence-corrected chi connectivity index (χ0v) is 20.5. The smallest absolute Gasteiger partial charge is 0.0719 e. The van der Waals surface area contributed by atoms with E-state index in [1.807, 2.05) is 0 Å². The summed E-state index contributed by atoms with van der Waals surface area (Å²) in [4.78, 5) is 5.24. The van der Waals surface area contributed by atoms with E-state index in [9.17, 15) is 0 Å². The van der Waals surface area contributed by atoms with E-state index in [0.29, 0.717) is 0 Å². The van der Waals surface area contributed by atoms with E-state index >= 15 is 0 Å². The van der Waals surface area contributed by atoms with Gasteiger partial charge in [0.15, 0.2) is 0 Å². The van der Waals surface area contributed by atoms with Gasteiger partial charge in [0.05, 0.1) is 11.2 Å². The molecule has 1 nitrogen and oxygen atoms in total. The summed E-state index contributed by atoms with van der Waals surface area (Å²) in [7, 11) is 0. The van der Waals surface area contributed by atoms with E-state index in [2.05, 4.69) is 120 Å². The maximum absolute atomic E-state index is 5.24. The second kappa shape index (κ2) is 7.40. The topological polar surface area (TPSA) is 12.9 Å². The first-order valence-corrected chi connectivity index (χ1v) is 12.1. The van der Waals surface area contributed by atoms with Gasteiger partial charge in [0.1, 0.15) is 0 Å². The Hall–Kier alpha value is -3.71. The number of hydrogen-bond acceptors (Lipinski definition) is 1. The van der Waals surface area contributed by atoms with Crippen molar-refractivity contribution in [2.45, 2.75) is 40.0 Å². The number of nitrogens with zero attached hydrogens (tertiary/aromatic N) is 1. The Morgan fingerprint density at radius 2 is 1.26 bits per heavy atom. The second-order valence-corrected chi connectivity index (χ2v) is 10.4. The lowest BCUT2D eigenvalue weighted by Crippen LogP contribution is -2.14. The Bertz CT molecular complexity index is 1570. The second-order valence-electron chi connectivity index (χ2n) is 10.4. The van der Waals surface area contributed by atoms with Crippen molar-refractivity contribution in [1.82, 2.24) is 4.98 Å². The average Bonchev–Trinajstić information content (AvgIpc) is 3.04. The predicted octanol–water partition coefficient (Wildman–Crippen LogP) is 8.80. The van der Waals surface area contributed by atoms with Crippen molar-refractivity contribution in [3.8, 4) is 33.5 Å². The van der Waals surface area contributed by atoms with E-state index < -0.39 is 0 Å². The number of aryl methyl sites for hydroxylation is 3. The molecular weight excluding hydrogens is 410 g/mol. The molecule has 34 heavy (non-hydrogen) atoms. The van der Waals surface area contributed by atoms with Crippen LogP contribution in [0.4, 0.5) is 0 Å². The first kappa shape index (κ1) is 20.9. The number of hydrogen-bond donors (Lipinski definition) is 0. The minimum absolute atomic E-state index is 0.0399. The molecule has 0 amide bonds. The number of aromatic nitrogens is 1. The van der Waals surface area contributed by atoms with Gasteiger partial charge in [-0.3, -0.25) is 0 Å². The zero-order valence-electron chi connectivity index (χ0n) is 20.5. The quantitative estimate of drug-likeness (QED) is 0.268. The van der Waals surface area contributed by atoms with Crippen molar-refractivity contribution < 1.29 is 0 Å². The molecule has 1 aliphatic carbocycles. The Labute approximate surface area is 202 Å². The van der Waals surface area contributed by atoms with E-state index in [1.165, 1.54) is 61.0 Å². The van der Waals surface area contributed by atoms with Crippen LogP contribution in [0, 0.1) is 20.8 Å². The van der Waals surface area contributed by atoms with Crippen molar-refractivity contribution in [1.29, 1.82) is 0 Å². The predicted molar refractivity (Wildman–Crippen MR) is 144 cm³/mol. The summed E-state index contributed by atoms with van der Waals surface area (Å²) in [6.07, 6.45) is 0. The van der Waals surface area contributed by atoms with Crippen LogP contribution in [0.3, 0.4) is 0 Å². The van der Waals surface area contributed by atoms with Crippen LogP contribution in [0.1, 0.15) is 41.7 Å². The first-order valence-electron chi connectivity index (χ1n) is 12.1. The molecule has 0 saturated carbocycles. The fourth-order valence-corrected chi connectivity index (χ4v) is 5.66. The number of fused-ring (bicyclic) bond motifs is 4. The largest absolute Gasteiger partial charge is 0.248 e. The van der Waals surface area contributed by atoms with Gasteiger partial charge < -0.3 is 0 Å². The van der Waals surface area contributed by atoms with Crippen molar-refractivity contribution >= 4 is 10.9 Å². The summed E-state index contributed by atoms with van der Waals surface area (Å²) in [6, 6.07) is 31.4. The fraction of sp³-hybridized carbons (Fsp3) is 0.182. The molecule has 0 N–H and O–H groups in total. The molecule has 0 radical (unpaired) electrons. The molecule has 166 valence electrons. The molecule has 5 aromatic rings. The van der Waals surface area contributed by atoms with Crippen molar-refractivity contribution in [3.05, 3.63) is 113 Å². The summed E-state index contributed by atoms with van der Waals surface area (Å²) in [5.74, 6) is 0. The lowest BCUT2D eigenvalue weighted by atomic mass is 9.82. The van der Waals surface area contributed by atoms with Gasteiger partial charge in [0.2, 0.25) is 0 Å². The van der Waals surface area contributed by atoms with Crippen molar-refractivity contribution in [2.24, 2.45) is 0 Å². The highest BCUT2D eigenvalue weighted by atomic mass is 14.7. The van der Waals surface area contributed by atoms with Gasteiger partial charge in [0, 0.05) is 16.4 Å². The van der Waals surface area contributed by atoms with Crippen LogP contribution in [-0.2, 0) is 5.41 Å². The van der Waals surface area contributed by atoms with Gasteiger partial charge in [-0.1, -0.05) is 85.1 Å². The molecule has 4 aromatic carbocycles. The highest BCUT2D eigenvalue weighted by Crippen LogP contribution is 2.50. The summed E-state index contributed by atoms with van der Waals surface area (Å²) < 4.78 is 0. The number of pyridine rings is 1. The van der Waals surface area contributed by atoms with Gasteiger partial charge in [-0.15, -0.1) is 0 Å². The van der Waals surface area contributed by atoms with E-state index in [0.717, 1.165) is 11.2 Å². The van der Waals surface area contributed by atoms with Gasteiger partial charge in [-0.05, 0) is 84.5 Å². The monoisotopic (exact) mass is 439 g/mol. The average molecular weight is 440 g/mol. The SMILES string of the molecule is Cc1ccc(-c2cc(-c3cc(C)cc(C)c3)nc3cc4c(cc23)-c2ccccc2C4(C)C)cc1. The molecule has 1 aromatic heterocycles. The Balaban J connectivity index is 1.69. The van der Waals surface area contributed by atoms with Gasteiger partial charge in [-0.2, -0.15) is 0 Å². The fourth-order valence-electron chi connectivity index (χ4n) is 5.66. The molecule has 0 atom stereocenters. The van der Waals surface area contributed by atoms with Crippen LogP contribution < -0.4 is 0 Å². The van der Waals surface area contributed by atoms with Crippen LogP contribution >= 0.6 is 0 Å². The third-order valence-corrected chi connectivity index (χ3v) is 7.39. The molecule has 1 heteroatoms. The van der Waals surface area contributed by atoms with Crippen molar-refractivity contribution in [2.75, 3.05) is 0 Å². The molecule has 1 heterocycles. The molecule has 0 unspecified atom stereocenters. The van der Waals surface area contributed by atoms with Crippen LogP contribution in [-0.4, -0.2) is 4.98 Å². The van der Waals surface area contributed by atoms with Crippen molar-refractivity contribution in [3.63, 3.8) is 0 Å². The number of benzene rings is 4. The maximum atomic E-state index is 5.24.